The minimum Gasteiger partial charge on any atom is -0.365 e. The predicted octanol–water partition coefficient (Wildman–Crippen LogP) is 5.72. The van der Waals surface area contributed by atoms with Crippen LogP contribution in [0.5, 0.6) is 0 Å². The van der Waals surface area contributed by atoms with Crippen LogP contribution in [0.15, 0.2) is 23.8 Å². The summed E-state index contributed by atoms with van der Waals surface area (Å²) < 4.78 is 5.99. The van der Waals surface area contributed by atoms with E-state index in [1.54, 1.807) is 0 Å². The van der Waals surface area contributed by atoms with Crippen LogP contribution in [0.4, 0.5) is 0 Å². The average Bonchev–Trinajstić information content (AvgIpc) is 3.15. The number of allylic oxidation sites excluding steroid dienone is 2. The normalized spacial score (nSPS) is 58.5. The van der Waals surface area contributed by atoms with Crippen molar-refractivity contribution in [2.75, 3.05) is 6.61 Å². The molecule has 2 nitrogen and oxygen atoms in total. The van der Waals surface area contributed by atoms with Crippen molar-refractivity contribution in [3.8, 4) is 0 Å². The maximum absolute atomic E-state index is 11.1. The smallest absolute Gasteiger partial charge is 0.173 e. The van der Waals surface area contributed by atoms with Gasteiger partial charge in [0.2, 0.25) is 0 Å². The monoisotopic (exact) mass is 370 g/mol. The van der Waals surface area contributed by atoms with E-state index in [1.807, 2.05) is 0 Å². The third-order valence-electron chi connectivity index (χ3n) is 9.98. The first-order chi connectivity index (χ1) is 12.7. The zero-order valence-corrected chi connectivity index (χ0v) is 17.8. The van der Waals surface area contributed by atoms with Crippen LogP contribution in [0.3, 0.4) is 0 Å². The van der Waals surface area contributed by atoms with E-state index < -0.39 is 5.79 Å². The van der Waals surface area contributed by atoms with Crippen LogP contribution >= 0.6 is 0 Å². The molecular formula is C25H38O2. The fraction of sp³-hybridized carbons (Fsp3) is 0.840. The van der Waals surface area contributed by atoms with Crippen molar-refractivity contribution in [3.05, 3.63) is 23.8 Å². The summed E-state index contributed by atoms with van der Waals surface area (Å²) in [5, 5.41) is 11.1. The number of hydrogen-bond acceptors (Lipinski definition) is 2. The highest BCUT2D eigenvalue weighted by Gasteiger charge is 2.62. The summed E-state index contributed by atoms with van der Waals surface area (Å²) >= 11 is 0. The van der Waals surface area contributed by atoms with Gasteiger partial charge in [-0.05, 0) is 91.4 Å². The van der Waals surface area contributed by atoms with Gasteiger partial charge in [0.15, 0.2) is 5.79 Å². The zero-order chi connectivity index (χ0) is 19.2. The summed E-state index contributed by atoms with van der Waals surface area (Å²) in [6.07, 6.45) is 11.2. The van der Waals surface area contributed by atoms with Crippen LogP contribution in [-0.2, 0) is 4.74 Å². The van der Waals surface area contributed by atoms with Crippen molar-refractivity contribution in [2.24, 2.45) is 46.3 Å². The van der Waals surface area contributed by atoms with Gasteiger partial charge >= 0.3 is 0 Å². The molecular weight excluding hydrogens is 332 g/mol. The molecule has 1 heterocycles. The Hall–Kier alpha value is -0.600. The molecule has 0 aromatic heterocycles. The van der Waals surface area contributed by atoms with Crippen molar-refractivity contribution in [2.45, 2.75) is 78.4 Å². The third-order valence-corrected chi connectivity index (χ3v) is 9.98. The fourth-order valence-corrected chi connectivity index (χ4v) is 8.54. The van der Waals surface area contributed by atoms with E-state index in [-0.39, 0.29) is 5.92 Å². The highest BCUT2D eigenvalue weighted by Crippen LogP contribution is 2.67. The SMILES string of the molecule is C=C(C)[C@H]1CC[C@@]2(C)CC[C@]3(C)C[C@H]4[C@@H](C)C[C@@]5(O)OC/C(=C/C[C@H]3[C@H]12)[C@@H]45. The first-order valence-electron chi connectivity index (χ1n) is 11.4. The Morgan fingerprint density at radius 3 is 2.67 bits per heavy atom. The van der Waals surface area contributed by atoms with Crippen molar-refractivity contribution in [3.63, 3.8) is 0 Å². The van der Waals surface area contributed by atoms with E-state index in [0.29, 0.717) is 35.2 Å². The number of aliphatic hydroxyl groups is 1. The maximum Gasteiger partial charge on any atom is 0.173 e. The van der Waals surface area contributed by atoms with E-state index in [1.165, 1.54) is 49.7 Å². The van der Waals surface area contributed by atoms with Crippen LogP contribution in [0.2, 0.25) is 0 Å². The molecule has 0 unspecified atom stereocenters. The van der Waals surface area contributed by atoms with Crippen LogP contribution in [0.1, 0.15) is 72.6 Å². The summed E-state index contributed by atoms with van der Waals surface area (Å²) in [7, 11) is 0. The molecule has 1 aliphatic heterocycles. The van der Waals surface area contributed by atoms with Gasteiger partial charge in [0.25, 0.3) is 0 Å². The lowest BCUT2D eigenvalue weighted by Gasteiger charge is -2.56. The Morgan fingerprint density at radius 1 is 1.19 bits per heavy atom. The minimum atomic E-state index is -0.879. The van der Waals surface area contributed by atoms with E-state index in [2.05, 4.69) is 40.3 Å². The van der Waals surface area contributed by atoms with Gasteiger partial charge in [0.05, 0.1) is 6.61 Å². The molecule has 4 aliphatic carbocycles. The van der Waals surface area contributed by atoms with Gasteiger partial charge in [-0.2, -0.15) is 0 Å². The van der Waals surface area contributed by atoms with E-state index in [0.717, 1.165) is 18.3 Å². The molecule has 2 heteroatoms. The molecule has 0 spiro atoms. The Bertz CT molecular complexity index is 694. The van der Waals surface area contributed by atoms with Crippen LogP contribution < -0.4 is 0 Å². The Labute approximate surface area is 165 Å². The quantitative estimate of drug-likeness (QED) is 0.598. The van der Waals surface area contributed by atoms with Crippen molar-refractivity contribution in [1.82, 2.24) is 0 Å². The number of ether oxygens (including phenoxy) is 1. The lowest BCUT2D eigenvalue weighted by atomic mass is 9.49. The van der Waals surface area contributed by atoms with Crippen molar-refractivity contribution < 1.29 is 9.84 Å². The first kappa shape index (κ1) is 18.4. The molecule has 1 N–H and O–H groups in total. The predicted molar refractivity (Wildman–Crippen MR) is 109 cm³/mol. The third kappa shape index (κ3) is 2.45. The summed E-state index contributed by atoms with van der Waals surface area (Å²) in [4.78, 5) is 0. The second kappa shape index (κ2) is 5.72. The molecule has 0 aromatic rings. The molecule has 9 atom stereocenters. The minimum absolute atomic E-state index is 0.249. The Kier molecular flexibility index (Phi) is 3.91. The van der Waals surface area contributed by atoms with Crippen LogP contribution in [0, 0.1) is 46.3 Å². The highest BCUT2D eigenvalue weighted by atomic mass is 16.6. The van der Waals surface area contributed by atoms with Crippen molar-refractivity contribution >= 4 is 0 Å². The Morgan fingerprint density at radius 2 is 1.93 bits per heavy atom. The number of rotatable bonds is 1. The molecule has 3 saturated carbocycles. The molecule has 5 aliphatic rings. The van der Waals surface area contributed by atoms with Gasteiger partial charge in [-0.15, -0.1) is 0 Å². The molecule has 150 valence electrons. The van der Waals surface area contributed by atoms with Crippen LogP contribution in [0.25, 0.3) is 0 Å². The second-order valence-corrected chi connectivity index (χ2v) is 11.6. The van der Waals surface area contributed by atoms with E-state index >= 15 is 0 Å². The van der Waals surface area contributed by atoms with Crippen LogP contribution in [-0.4, -0.2) is 17.5 Å². The van der Waals surface area contributed by atoms with E-state index in [9.17, 15) is 5.11 Å². The zero-order valence-electron chi connectivity index (χ0n) is 17.8. The molecule has 1 saturated heterocycles. The lowest BCUT2D eigenvalue weighted by molar-refractivity contribution is -0.187. The lowest BCUT2D eigenvalue weighted by Crippen LogP contribution is -2.48. The first-order valence-corrected chi connectivity index (χ1v) is 11.4. The summed E-state index contributed by atoms with van der Waals surface area (Å²) in [5.74, 6) is 2.72. The van der Waals surface area contributed by atoms with Gasteiger partial charge in [0, 0.05) is 12.3 Å². The van der Waals surface area contributed by atoms with E-state index in [4.69, 9.17) is 4.74 Å². The van der Waals surface area contributed by atoms with Gasteiger partial charge in [0.1, 0.15) is 0 Å². The molecule has 0 radical (unpaired) electrons. The summed E-state index contributed by atoms with van der Waals surface area (Å²) in [6.45, 7) is 14.8. The van der Waals surface area contributed by atoms with Gasteiger partial charge in [-0.25, -0.2) is 0 Å². The van der Waals surface area contributed by atoms with Gasteiger partial charge in [-0.3, -0.25) is 0 Å². The average molecular weight is 371 g/mol. The number of fused-ring (bicyclic) bond motifs is 3. The topological polar surface area (TPSA) is 29.5 Å². The molecule has 0 bridgehead atoms. The molecule has 0 amide bonds. The summed E-state index contributed by atoms with van der Waals surface area (Å²) in [5.41, 5.74) is 3.70. The highest BCUT2D eigenvalue weighted by molar-refractivity contribution is 5.25. The fourth-order valence-electron chi connectivity index (χ4n) is 8.54. The van der Waals surface area contributed by atoms with Gasteiger partial charge in [-0.1, -0.05) is 39.0 Å². The Balaban J connectivity index is 1.57. The summed E-state index contributed by atoms with van der Waals surface area (Å²) in [6, 6.07) is 0. The second-order valence-electron chi connectivity index (χ2n) is 11.6. The molecule has 0 aromatic carbocycles. The molecule has 4 fully saturated rings. The van der Waals surface area contributed by atoms with Crippen molar-refractivity contribution in [1.29, 1.82) is 0 Å². The number of hydrogen-bond donors (Lipinski definition) is 1. The standard InChI is InChI=1S/C25H38O2/c1-15(2)18-8-9-23(4)10-11-24(5)13-19-16(3)12-25(26)21(19)17(14-27-25)6-7-20(24)22(18)23/h6,16,18-22,26H,1,7-14H2,2-5H3/b17-6-/t16-,18+,19-,20-,21-,22-,23-,24+,25+/m0/s1. The van der Waals surface area contributed by atoms with Gasteiger partial charge < -0.3 is 9.84 Å². The largest absolute Gasteiger partial charge is 0.365 e. The molecule has 5 rings (SSSR count). The molecule has 27 heavy (non-hydrogen) atoms. The maximum atomic E-state index is 11.1.